The molecule has 0 aliphatic carbocycles. The summed E-state index contributed by atoms with van der Waals surface area (Å²) in [6.07, 6.45) is 2.10. The smallest absolute Gasteiger partial charge is 0.345 e. The Morgan fingerprint density at radius 2 is 2.08 bits per heavy atom. The fourth-order valence-electron chi connectivity index (χ4n) is 2.87. The first-order chi connectivity index (χ1) is 11.5. The summed E-state index contributed by atoms with van der Waals surface area (Å²) in [5, 5.41) is 10.1. The maximum Gasteiger partial charge on any atom is 0.345 e. The molecule has 2 aromatic rings. The maximum absolute atomic E-state index is 12.8. The van der Waals surface area contributed by atoms with Crippen molar-refractivity contribution in [2.24, 2.45) is 7.05 Å². The number of anilines is 1. The molecule has 2 heterocycles. The largest absolute Gasteiger partial charge is 0.376 e. The number of carbonyl (C=O) groups excluding carboxylic acids is 1. The number of aromatic nitrogens is 3. The molecule has 3 rings (SSSR count). The van der Waals surface area contributed by atoms with E-state index < -0.39 is 0 Å². The van der Waals surface area contributed by atoms with E-state index in [1.165, 1.54) is 16.8 Å². The molecular formula is C16H20FN5O2. The van der Waals surface area contributed by atoms with Gasteiger partial charge in [0, 0.05) is 31.7 Å². The van der Waals surface area contributed by atoms with Gasteiger partial charge in [-0.2, -0.15) is 5.10 Å². The van der Waals surface area contributed by atoms with Gasteiger partial charge in [0.1, 0.15) is 11.6 Å². The number of hydrogen-bond acceptors (Lipinski definition) is 4. The molecule has 0 fully saturated rings. The summed E-state index contributed by atoms with van der Waals surface area (Å²) < 4.78 is 15.9. The molecule has 2 N–H and O–H groups in total. The monoisotopic (exact) mass is 333 g/mol. The number of amides is 1. The van der Waals surface area contributed by atoms with Crippen molar-refractivity contribution in [3.63, 3.8) is 0 Å². The lowest BCUT2D eigenvalue weighted by Crippen LogP contribution is -2.39. The van der Waals surface area contributed by atoms with Gasteiger partial charge in [-0.05, 0) is 37.1 Å². The molecule has 8 heteroatoms. The predicted molar refractivity (Wildman–Crippen MR) is 87.2 cm³/mol. The van der Waals surface area contributed by atoms with Gasteiger partial charge in [-0.15, -0.1) is 0 Å². The van der Waals surface area contributed by atoms with E-state index in [1.54, 1.807) is 23.7 Å². The van der Waals surface area contributed by atoms with Crippen molar-refractivity contribution in [1.29, 1.82) is 0 Å². The van der Waals surface area contributed by atoms with Crippen LogP contribution in [0, 0.1) is 5.82 Å². The van der Waals surface area contributed by atoms with Gasteiger partial charge in [0.15, 0.2) is 0 Å². The van der Waals surface area contributed by atoms with Crippen LogP contribution in [-0.2, 0) is 24.8 Å². The zero-order chi connectivity index (χ0) is 17.1. The van der Waals surface area contributed by atoms with Crippen LogP contribution in [0.1, 0.15) is 18.7 Å². The molecular weight excluding hydrogens is 313 g/mol. The van der Waals surface area contributed by atoms with Crippen LogP contribution in [0.2, 0.25) is 0 Å². The minimum Gasteiger partial charge on any atom is -0.376 e. The minimum absolute atomic E-state index is 0.0129. The lowest BCUT2D eigenvalue weighted by atomic mass is 10.1. The van der Waals surface area contributed by atoms with E-state index >= 15 is 0 Å². The normalized spacial score (nSPS) is 17.0. The molecule has 0 saturated heterocycles. The molecule has 1 atom stereocenters. The summed E-state index contributed by atoms with van der Waals surface area (Å²) in [6, 6.07) is 5.87. The van der Waals surface area contributed by atoms with E-state index in [1.807, 2.05) is 0 Å². The van der Waals surface area contributed by atoms with Gasteiger partial charge in [0.2, 0.25) is 5.91 Å². The number of halogens is 1. The van der Waals surface area contributed by atoms with Crippen molar-refractivity contribution in [2.45, 2.75) is 31.8 Å². The van der Waals surface area contributed by atoms with Crippen LogP contribution >= 0.6 is 0 Å². The Bertz CT molecular complexity index is 781. The maximum atomic E-state index is 12.8. The fourth-order valence-corrected chi connectivity index (χ4v) is 2.87. The highest BCUT2D eigenvalue weighted by Gasteiger charge is 2.21. The highest BCUT2D eigenvalue weighted by atomic mass is 19.1. The van der Waals surface area contributed by atoms with Crippen molar-refractivity contribution in [2.75, 3.05) is 11.9 Å². The van der Waals surface area contributed by atoms with E-state index in [9.17, 15) is 14.0 Å². The Labute approximate surface area is 138 Å². The minimum atomic E-state index is -0.313. The molecule has 0 radical (unpaired) electrons. The third-order valence-electron chi connectivity index (χ3n) is 4.16. The highest BCUT2D eigenvalue weighted by molar-refractivity contribution is 5.80. The van der Waals surface area contributed by atoms with Gasteiger partial charge in [0.05, 0.1) is 6.54 Å². The van der Waals surface area contributed by atoms with E-state index in [2.05, 4.69) is 15.7 Å². The van der Waals surface area contributed by atoms with Crippen molar-refractivity contribution >= 4 is 11.6 Å². The topological polar surface area (TPSA) is 81.0 Å². The number of nitrogens with one attached hydrogen (secondary N) is 2. The molecule has 0 spiro atoms. The first kappa shape index (κ1) is 16.2. The molecule has 1 unspecified atom stereocenters. The lowest BCUT2D eigenvalue weighted by molar-refractivity contribution is -0.120. The van der Waals surface area contributed by atoms with E-state index in [-0.39, 0.29) is 30.0 Å². The summed E-state index contributed by atoms with van der Waals surface area (Å²) in [7, 11) is 1.64. The molecule has 24 heavy (non-hydrogen) atoms. The molecule has 128 valence electrons. The van der Waals surface area contributed by atoms with Gasteiger partial charge < -0.3 is 10.6 Å². The number of hydrogen-bond donors (Lipinski definition) is 2. The Balaban J connectivity index is 1.50. The number of benzene rings is 1. The van der Waals surface area contributed by atoms with Crippen molar-refractivity contribution in [3.05, 3.63) is 46.4 Å². The fraction of sp³-hybridized carbons (Fsp3) is 0.438. The van der Waals surface area contributed by atoms with Crippen molar-refractivity contribution in [3.8, 4) is 0 Å². The highest BCUT2D eigenvalue weighted by Crippen LogP contribution is 2.12. The van der Waals surface area contributed by atoms with Gasteiger partial charge in [0.25, 0.3) is 0 Å². The van der Waals surface area contributed by atoms with Gasteiger partial charge in [-0.25, -0.2) is 13.9 Å². The number of rotatable bonds is 4. The molecule has 1 aliphatic rings. The van der Waals surface area contributed by atoms with Crippen LogP contribution in [0.15, 0.2) is 29.1 Å². The zero-order valence-corrected chi connectivity index (χ0v) is 13.5. The third-order valence-corrected chi connectivity index (χ3v) is 4.16. The first-order valence-electron chi connectivity index (χ1n) is 7.94. The molecule has 0 saturated carbocycles. The Morgan fingerprint density at radius 1 is 1.33 bits per heavy atom. The molecule has 1 aromatic heterocycles. The van der Waals surface area contributed by atoms with Crippen LogP contribution < -0.4 is 16.3 Å². The third kappa shape index (κ3) is 3.64. The van der Waals surface area contributed by atoms with Crippen molar-refractivity contribution in [1.82, 2.24) is 19.7 Å². The van der Waals surface area contributed by atoms with E-state index in [0.717, 1.165) is 12.2 Å². The SMILES string of the molecule is Cn1nc2n(c1=O)CCC(NC(=O)CNc1ccc(F)cc1)CC2. The standard InChI is InChI=1S/C16H20FN5O2/c1-21-16(24)22-9-8-13(6-7-14(22)20-21)19-15(23)10-18-12-4-2-11(17)3-5-12/h2-5,13,18H,6-10H2,1H3,(H,19,23). The van der Waals surface area contributed by atoms with Crippen LogP contribution in [0.25, 0.3) is 0 Å². The molecule has 1 aliphatic heterocycles. The number of aryl methyl sites for hydroxylation is 2. The Hall–Kier alpha value is -2.64. The first-order valence-corrected chi connectivity index (χ1v) is 7.94. The summed E-state index contributed by atoms with van der Waals surface area (Å²) in [6.45, 7) is 0.673. The quantitative estimate of drug-likeness (QED) is 0.861. The number of carbonyl (C=O) groups is 1. The van der Waals surface area contributed by atoms with Gasteiger partial charge >= 0.3 is 5.69 Å². The molecule has 0 bridgehead atoms. The van der Waals surface area contributed by atoms with Crippen LogP contribution in [0.5, 0.6) is 0 Å². The lowest BCUT2D eigenvalue weighted by Gasteiger charge is -2.16. The molecule has 7 nitrogen and oxygen atoms in total. The van der Waals surface area contributed by atoms with Crippen LogP contribution in [0.4, 0.5) is 10.1 Å². The van der Waals surface area contributed by atoms with Crippen LogP contribution in [0.3, 0.4) is 0 Å². The Morgan fingerprint density at radius 3 is 2.83 bits per heavy atom. The van der Waals surface area contributed by atoms with Gasteiger partial charge in [-0.3, -0.25) is 9.36 Å². The summed E-state index contributed by atoms with van der Waals surface area (Å²) >= 11 is 0. The average molecular weight is 333 g/mol. The van der Waals surface area contributed by atoms with Crippen molar-refractivity contribution < 1.29 is 9.18 Å². The average Bonchev–Trinajstić information content (AvgIpc) is 2.72. The summed E-state index contributed by atoms with van der Waals surface area (Å²) in [5.74, 6) is 0.326. The second-order valence-corrected chi connectivity index (χ2v) is 5.93. The van der Waals surface area contributed by atoms with E-state index in [4.69, 9.17) is 0 Å². The predicted octanol–water partition coefficient (Wildman–Crippen LogP) is 0.654. The summed E-state index contributed by atoms with van der Waals surface area (Å²) in [5.41, 5.74) is 0.575. The van der Waals surface area contributed by atoms with Gasteiger partial charge in [-0.1, -0.05) is 0 Å². The number of fused-ring (bicyclic) bond motifs is 1. The zero-order valence-electron chi connectivity index (χ0n) is 13.5. The second-order valence-electron chi connectivity index (χ2n) is 5.93. The summed E-state index contributed by atoms with van der Waals surface area (Å²) in [4.78, 5) is 24.0. The van der Waals surface area contributed by atoms with Crippen LogP contribution in [-0.4, -0.2) is 32.8 Å². The Kier molecular flexibility index (Phi) is 4.64. The number of nitrogens with zero attached hydrogens (tertiary/aromatic N) is 3. The molecule has 1 amide bonds. The molecule has 1 aromatic carbocycles. The second kappa shape index (κ2) is 6.86. The van der Waals surface area contributed by atoms with E-state index in [0.29, 0.717) is 25.1 Å².